The van der Waals surface area contributed by atoms with Gasteiger partial charge in [0, 0.05) is 0 Å². The van der Waals surface area contributed by atoms with Gasteiger partial charge >= 0.3 is 5.97 Å². The average molecular weight is 415 g/mol. The second-order valence-corrected chi connectivity index (χ2v) is 9.99. The van der Waals surface area contributed by atoms with Crippen LogP contribution in [-0.4, -0.2) is 16.2 Å². The molecule has 0 bridgehead atoms. The van der Waals surface area contributed by atoms with E-state index in [4.69, 9.17) is 0 Å². The minimum atomic E-state index is -1.38. The fourth-order valence-corrected chi connectivity index (χ4v) is 4.85. The normalized spacial score (nSPS) is 18.6. The van der Waals surface area contributed by atoms with Crippen LogP contribution in [0.4, 0.5) is 0 Å². The molecule has 1 aliphatic carbocycles. The summed E-state index contributed by atoms with van der Waals surface area (Å²) in [4.78, 5) is 11.3. The number of carboxylic acids is 1. The lowest BCUT2D eigenvalue weighted by atomic mass is 9.62. The summed E-state index contributed by atoms with van der Waals surface area (Å²) in [5, 5.41) is 21.5. The Bertz CT molecular complexity index is 1110. The zero-order valence-electron chi connectivity index (χ0n) is 18.6. The van der Waals surface area contributed by atoms with Gasteiger partial charge in [-0.2, -0.15) is 0 Å². The molecule has 0 saturated heterocycles. The zero-order chi connectivity index (χ0) is 22.4. The molecule has 1 aliphatic rings. The van der Waals surface area contributed by atoms with Gasteiger partial charge in [0.05, 0.1) is 5.56 Å². The van der Waals surface area contributed by atoms with Gasteiger partial charge in [0.15, 0.2) is 0 Å². The van der Waals surface area contributed by atoms with Gasteiger partial charge in [-0.05, 0) is 63.6 Å². The summed E-state index contributed by atoms with van der Waals surface area (Å²) in [6, 6.07) is 22.5. The number of fused-ring (bicyclic) bond motifs is 1. The summed E-state index contributed by atoms with van der Waals surface area (Å²) in [6.45, 7) is 9.12. The lowest BCUT2D eigenvalue weighted by Crippen LogP contribution is -2.35. The molecule has 3 heteroatoms. The van der Waals surface area contributed by atoms with E-state index >= 15 is 0 Å². The lowest BCUT2D eigenvalue weighted by molar-refractivity contribution is 0.0696. The topological polar surface area (TPSA) is 57.5 Å². The van der Waals surface area contributed by atoms with Crippen molar-refractivity contribution in [2.75, 3.05) is 0 Å². The third-order valence-electron chi connectivity index (χ3n) is 7.01. The van der Waals surface area contributed by atoms with Crippen LogP contribution in [0.2, 0.25) is 0 Å². The molecule has 31 heavy (non-hydrogen) atoms. The van der Waals surface area contributed by atoms with E-state index in [-0.39, 0.29) is 16.4 Å². The molecule has 0 saturated carbocycles. The average Bonchev–Trinajstić information content (AvgIpc) is 2.77. The van der Waals surface area contributed by atoms with Crippen molar-refractivity contribution < 1.29 is 15.0 Å². The Hall–Kier alpha value is -2.91. The van der Waals surface area contributed by atoms with E-state index in [1.165, 1.54) is 11.1 Å². The highest BCUT2D eigenvalue weighted by Gasteiger charge is 2.40. The number of aliphatic hydroxyl groups is 1. The van der Waals surface area contributed by atoms with Crippen molar-refractivity contribution in [1.82, 2.24) is 0 Å². The van der Waals surface area contributed by atoms with E-state index in [0.717, 1.165) is 24.0 Å². The number of aromatic carboxylic acids is 1. The molecule has 0 aliphatic heterocycles. The summed E-state index contributed by atoms with van der Waals surface area (Å²) < 4.78 is 0. The summed E-state index contributed by atoms with van der Waals surface area (Å²) in [7, 11) is 0. The predicted octanol–water partition coefficient (Wildman–Crippen LogP) is 6.02. The molecule has 3 nitrogen and oxygen atoms in total. The van der Waals surface area contributed by atoms with E-state index in [2.05, 4.69) is 39.8 Å². The Kier molecular flexibility index (Phi) is 5.06. The van der Waals surface area contributed by atoms with E-state index < -0.39 is 11.6 Å². The molecule has 1 atom stereocenters. The van der Waals surface area contributed by atoms with E-state index in [0.29, 0.717) is 5.56 Å². The maximum Gasteiger partial charge on any atom is 0.335 e. The molecule has 0 radical (unpaired) electrons. The van der Waals surface area contributed by atoms with Gasteiger partial charge in [0.25, 0.3) is 0 Å². The van der Waals surface area contributed by atoms with Crippen molar-refractivity contribution in [1.29, 1.82) is 0 Å². The minimum Gasteiger partial charge on any atom is -0.478 e. The van der Waals surface area contributed by atoms with Crippen LogP contribution in [0.25, 0.3) is 0 Å². The van der Waals surface area contributed by atoms with E-state index in [1.54, 1.807) is 24.3 Å². The highest BCUT2D eigenvalue weighted by Crippen LogP contribution is 2.48. The number of hydrogen-bond donors (Lipinski definition) is 2. The van der Waals surface area contributed by atoms with Crippen LogP contribution in [0.3, 0.4) is 0 Å². The second kappa shape index (κ2) is 7.35. The van der Waals surface area contributed by atoms with Gasteiger partial charge in [-0.25, -0.2) is 4.79 Å². The minimum absolute atomic E-state index is 0.0195. The molecule has 0 aromatic heterocycles. The molecule has 0 spiro atoms. The van der Waals surface area contributed by atoms with Gasteiger partial charge in [0.1, 0.15) is 5.60 Å². The Morgan fingerprint density at radius 3 is 1.84 bits per heavy atom. The molecule has 0 fully saturated rings. The van der Waals surface area contributed by atoms with Crippen LogP contribution in [0.15, 0.2) is 72.8 Å². The van der Waals surface area contributed by atoms with Gasteiger partial charge in [-0.1, -0.05) is 88.4 Å². The van der Waals surface area contributed by atoms with E-state index in [1.807, 2.05) is 36.4 Å². The van der Waals surface area contributed by atoms with Crippen molar-refractivity contribution in [3.63, 3.8) is 0 Å². The highest BCUT2D eigenvalue weighted by molar-refractivity contribution is 5.87. The third kappa shape index (κ3) is 3.57. The molecule has 1 unspecified atom stereocenters. The van der Waals surface area contributed by atoms with Crippen molar-refractivity contribution in [2.45, 2.75) is 57.0 Å². The Morgan fingerprint density at radius 2 is 1.26 bits per heavy atom. The maximum absolute atomic E-state index is 12.2. The first-order valence-corrected chi connectivity index (χ1v) is 10.8. The molecule has 3 aromatic rings. The van der Waals surface area contributed by atoms with Crippen molar-refractivity contribution >= 4 is 5.97 Å². The molecular weight excluding hydrogens is 384 g/mol. The first-order valence-electron chi connectivity index (χ1n) is 10.8. The highest BCUT2D eigenvalue weighted by atomic mass is 16.4. The monoisotopic (exact) mass is 414 g/mol. The zero-order valence-corrected chi connectivity index (χ0v) is 18.6. The van der Waals surface area contributed by atoms with Gasteiger partial charge in [-0.3, -0.25) is 0 Å². The van der Waals surface area contributed by atoms with Crippen LogP contribution in [0, 0.1) is 0 Å². The second-order valence-electron chi connectivity index (χ2n) is 9.99. The summed E-state index contributed by atoms with van der Waals surface area (Å²) in [5.74, 6) is -0.979. The smallest absolute Gasteiger partial charge is 0.335 e. The van der Waals surface area contributed by atoms with Crippen molar-refractivity contribution in [2.24, 2.45) is 0 Å². The van der Waals surface area contributed by atoms with E-state index in [9.17, 15) is 15.0 Å². The number of hydrogen-bond acceptors (Lipinski definition) is 2. The van der Waals surface area contributed by atoms with Crippen LogP contribution < -0.4 is 0 Å². The van der Waals surface area contributed by atoms with Gasteiger partial charge in [-0.15, -0.1) is 0 Å². The molecule has 0 heterocycles. The number of rotatable bonds is 4. The first kappa shape index (κ1) is 21.3. The van der Waals surface area contributed by atoms with Crippen molar-refractivity contribution in [3.8, 4) is 0 Å². The molecule has 2 N–H and O–H groups in total. The quantitative estimate of drug-likeness (QED) is 0.513. The molecular formula is C28H30O3. The molecule has 4 rings (SSSR count). The predicted molar refractivity (Wildman–Crippen MR) is 124 cm³/mol. The Morgan fingerprint density at radius 1 is 0.742 bits per heavy atom. The number of carbonyl (C=O) groups is 1. The Balaban J connectivity index is 1.95. The van der Waals surface area contributed by atoms with Crippen molar-refractivity contribution in [3.05, 3.63) is 106 Å². The fourth-order valence-electron chi connectivity index (χ4n) is 4.85. The summed E-state index contributed by atoms with van der Waals surface area (Å²) in [6.07, 6.45) is 2.22. The van der Waals surface area contributed by atoms with Crippen LogP contribution in [-0.2, 0) is 16.4 Å². The molecule has 3 aromatic carbocycles. The molecule has 160 valence electrons. The van der Waals surface area contributed by atoms with Gasteiger partial charge < -0.3 is 10.2 Å². The molecule has 0 amide bonds. The Labute approximate surface area is 184 Å². The van der Waals surface area contributed by atoms with Gasteiger partial charge in [0.2, 0.25) is 0 Å². The summed E-state index contributed by atoms with van der Waals surface area (Å²) in [5.41, 5.74) is 3.75. The van der Waals surface area contributed by atoms with Crippen LogP contribution >= 0.6 is 0 Å². The maximum atomic E-state index is 12.2. The first-order chi connectivity index (χ1) is 14.6. The number of carboxylic acid groups (broad SMARTS) is 1. The van der Waals surface area contributed by atoms with Crippen LogP contribution in [0.1, 0.15) is 78.7 Å². The standard InChI is InChI=1S/C28H30O3/c1-26(2)16-17-27(3,4)24-18-22(14-15-23(24)26)28(31,20-8-6-5-7-9-20)21-12-10-19(11-13-21)25(29)30/h5-15,18,31H,16-17H2,1-4H3,(H,29,30). The fraction of sp³-hybridized carbons (Fsp3) is 0.321. The third-order valence-corrected chi connectivity index (χ3v) is 7.01. The van der Waals surface area contributed by atoms with Crippen LogP contribution in [0.5, 0.6) is 0 Å². The SMILES string of the molecule is CC1(C)CCC(C)(C)c2cc(C(O)(c3ccccc3)c3ccc(C(=O)O)cc3)ccc21. The number of benzene rings is 3. The summed E-state index contributed by atoms with van der Waals surface area (Å²) >= 11 is 0. The largest absolute Gasteiger partial charge is 0.478 e. The lowest BCUT2D eigenvalue weighted by Gasteiger charge is -2.43.